The number of carbonyl (C=O) groups is 1. The quantitative estimate of drug-likeness (QED) is 0.714. The van der Waals surface area contributed by atoms with Gasteiger partial charge in [-0.1, -0.05) is 0 Å². The van der Waals surface area contributed by atoms with Crippen LogP contribution in [-0.2, 0) is 0 Å². The van der Waals surface area contributed by atoms with E-state index in [2.05, 4.69) is 0 Å². The van der Waals surface area contributed by atoms with Gasteiger partial charge < -0.3 is 10.2 Å². The molecule has 1 fully saturated rings. The first-order valence-electron chi connectivity index (χ1n) is 4.58. The van der Waals surface area contributed by atoms with Crippen molar-refractivity contribution >= 4 is 5.78 Å². The standard InChI is InChI=1S/C10H13NO2/c11-9(7-1-2-7)5-10(12)8-3-4-13-6-8/h3-4,6-7,9H,1-2,5,11H2. The zero-order valence-corrected chi connectivity index (χ0v) is 7.40. The second-order valence-corrected chi connectivity index (χ2v) is 3.64. The minimum Gasteiger partial charge on any atom is -0.472 e. The summed E-state index contributed by atoms with van der Waals surface area (Å²) in [6, 6.07) is 1.73. The summed E-state index contributed by atoms with van der Waals surface area (Å²) in [6.07, 6.45) is 5.79. The molecule has 0 bridgehead atoms. The number of furan rings is 1. The third-order valence-corrected chi connectivity index (χ3v) is 2.49. The van der Waals surface area contributed by atoms with Crippen LogP contribution in [-0.4, -0.2) is 11.8 Å². The highest BCUT2D eigenvalue weighted by Crippen LogP contribution is 2.33. The van der Waals surface area contributed by atoms with Crippen molar-refractivity contribution in [2.45, 2.75) is 25.3 Å². The van der Waals surface area contributed by atoms with Crippen molar-refractivity contribution in [3.8, 4) is 0 Å². The molecular formula is C10H13NO2. The summed E-state index contributed by atoms with van der Waals surface area (Å²) in [4.78, 5) is 11.5. The smallest absolute Gasteiger partial charge is 0.167 e. The monoisotopic (exact) mass is 179 g/mol. The van der Waals surface area contributed by atoms with Gasteiger partial charge in [-0.05, 0) is 24.8 Å². The largest absolute Gasteiger partial charge is 0.472 e. The molecule has 1 aromatic rings. The second-order valence-electron chi connectivity index (χ2n) is 3.64. The maximum Gasteiger partial charge on any atom is 0.167 e. The third-order valence-electron chi connectivity index (χ3n) is 2.49. The van der Waals surface area contributed by atoms with E-state index in [4.69, 9.17) is 10.2 Å². The van der Waals surface area contributed by atoms with Crippen LogP contribution in [0, 0.1) is 5.92 Å². The summed E-state index contributed by atoms with van der Waals surface area (Å²) in [5.41, 5.74) is 6.47. The van der Waals surface area contributed by atoms with Crippen LogP contribution in [0.15, 0.2) is 23.0 Å². The maximum absolute atomic E-state index is 11.5. The topological polar surface area (TPSA) is 56.2 Å². The lowest BCUT2D eigenvalue weighted by molar-refractivity contribution is 0.0971. The SMILES string of the molecule is NC(CC(=O)c1ccoc1)C1CC1. The van der Waals surface area contributed by atoms with E-state index in [0.717, 1.165) is 0 Å². The molecule has 1 unspecified atom stereocenters. The lowest BCUT2D eigenvalue weighted by atomic mass is 10.0. The van der Waals surface area contributed by atoms with Gasteiger partial charge in [0.25, 0.3) is 0 Å². The highest BCUT2D eigenvalue weighted by atomic mass is 16.3. The molecule has 3 nitrogen and oxygen atoms in total. The molecule has 1 aliphatic carbocycles. The Labute approximate surface area is 76.9 Å². The molecule has 2 N–H and O–H groups in total. The average molecular weight is 179 g/mol. The van der Waals surface area contributed by atoms with E-state index >= 15 is 0 Å². The van der Waals surface area contributed by atoms with Crippen LogP contribution in [0.25, 0.3) is 0 Å². The number of Topliss-reactive ketones (excluding diaryl/α,β-unsaturated/α-hetero) is 1. The number of ketones is 1. The van der Waals surface area contributed by atoms with Crippen molar-refractivity contribution in [2.24, 2.45) is 11.7 Å². The van der Waals surface area contributed by atoms with E-state index < -0.39 is 0 Å². The Morgan fingerprint density at radius 3 is 3.00 bits per heavy atom. The van der Waals surface area contributed by atoms with Gasteiger partial charge in [-0.25, -0.2) is 0 Å². The number of hydrogen-bond acceptors (Lipinski definition) is 3. The van der Waals surface area contributed by atoms with Gasteiger partial charge >= 0.3 is 0 Å². The second kappa shape index (κ2) is 3.34. The first-order chi connectivity index (χ1) is 6.27. The average Bonchev–Trinajstić information content (AvgIpc) is 2.81. The van der Waals surface area contributed by atoms with Crippen molar-refractivity contribution in [3.63, 3.8) is 0 Å². The van der Waals surface area contributed by atoms with Crippen LogP contribution in [0.4, 0.5) is 0 Å². The van der Waals surface area contributed by atoms with Gasteiger partial charge in [0.1, 0.15) is 6.26 Å². The van der Waals surface area contributed by atoms with Gasteiger partial charge in [0.2, 0.25) is 0 Å². The fraction of sp³-hybridized carbons (Fsp3) is 0.500. The van der Waals surface area contributed by atoms with Crippen LogP contribution in [0.3, 0.4) is 0 Å². The molecule has 0 aliphatic heterocycles. The molecule has 70 valence electrons. The van der Waals surface area contributed by atoms with Gasteiger partial charge in [0, 0.05) is 12.5 Å². The lowest BCUT2D eigenvalue weighted by Gasteiger charge is -2.06. The Hall–Kier alpha value is -1.09. The first-order valence-corrected chi connectivity index (χ1v) is 4.58. The van der Waals surface area contributed by atoms with Crippen LogP contribution in [0.5, 0.6) is 0 Å². The molecule has 1 saturated carbocycles. The molecule has 1 heterocycles. The lowest BCUT2D eigenvalue weighted by Crippen LogP contribution is -2.25. The fourth-order valence-corrected chi connectivity index (χ4v) is 1.45. The maximum atomic E-state index is 11.5. The summed E-state index contributed by atoms with van der Waals surface area (Å²) in [6.45, 7) is 0. The predicted molar refractivity (Wildman–Crippen MR) is 48.4 cm³/mol. The Morgan fingerprint density at radius 1 is 1.69 bits per heavy atom. The van der Waals surface area contributed by atoms with Crippen molar-refractivity contribution in [1.82, 2.24) is 0 Å². The molecule has 1 aliphatic rings. The molecule has 0 aromatic carbocycles. The summed E-state index contributed by atoms with van der Waals surface area (Å²) < 4.78 is 4.83. The minimum absolute atomic E-state index is 0.0439. The molecule has 0 amide bonds. The van der Waals surface area contributed by atoms with Crippen LogP contribution >= 0.6 is 0 Å². The summed E-state index contributed by atoms with van der Waals surface area (Å²) in [5, 5.41) is 0. The minimum atomic E-state index is 0.0439. The Kier molecular flexibility index (Phi) is 2.19. The van der Waals surface area contributed by atoms with Gasteiger partial charge in [-0.2, -0.15) is 0 Å². The third kappa shape index (κ3) is 1.98. The highest BCUT2D eigenvalue weighted by molar-refractivity contribution is 5.96. The van der Waals surface area contributed by atoms with E-state index in [1.54, 1.807) is 6.07 Å². The van der Waals surface area contributed by atoms with Crippen LogP contribution in [0.2, 0.25) is 0 Å². The Balaban J connectivity index is 1.91. The van der Waals surface area contributed by atoms with Gasteiger partial charge in [-0.3, -0.25) is 4.79 Å². The van der Waals surface area contributed by atoms with E-state index in [0.29, 0.717) is 17.9 Å². The van der Waals surface area contributed by atoms with Crippen molar-refractivity contribution < 1.29 is 9.21 Å². The van der Waals surface area contributed by atoms with Crippen LogP contribution in [0.1, 0.15) is 29.6 Å². The van der Waals surface area contributed by atoms with Crippen molar-refractivity contribution in [3.05, 3.63) is 24.2 Å². The Bertz CT molecular complexity index is 288. The molecule has 0 radical (unpaired) electrons. The zero-order valence-electron chi connectivity index (χ0n) is 7.40. The number of nitrogens with two attached hydrogens (primary N) is 1. The zero-order chi connectivity index (χ0) is 9.26. The van der Waals surface area contributed by atoms with Crippen molar-refractivity contribution in [1.29, 1.82) is 0 Å². The number of carbonyl (C=O) groups excluding carboxylic acids is 1. The van der Waals surface area contributed by atoms with Crippen LogP contribution < -0.4 is 5.73 Å². The predicted octanol–water partition coefficient (Wildman–Crippen LogP) is 1.59. The van der Waals surface area contributed by atoms with E-state index in [1.165, 1.54) is 25.4 Å². The summed E-state index contributed by atoms with van der Waals surface area (Å²) in [7, 11) is 0. The highest BCUT2D eigenvalue weighted by Gasteiger charge is 2.30. The molecule has 0 spiro atoms. The van der Waals surface area contributed by atoms with E-state index in [1.807, 2.05) is 0 Å². The van der Waals surface area contributed by atoms with E-state index in [9.17, 15) is 4.79 Å². The number of hydrogen-bond donors (Lipinski definition) is 1. The van der Waals surface area contributed by atoms with Crippen molar-refractivity contribution in [2.75, 3.05) is 0 Å². The molecule has 0 saturated heterocycles. The molecule has 1 atom stereocenters. The number of rotatable bonds is 4. The van der Waals surface area contributed by atoms with Gasteiger partial charge in [-0.15, -0.1) is 0 Å². The Morgan fingerprint density at radius 2 is 2.46 bits per heavy atom. The van der Waals surface area contributed by atoms with Gasteiger partial charge in [0.15, 0.2) is 5.78 Å². The molecular weight excluding hydrogens is 166 g/mol. The summed E-state index contributed by atoms with van der Waals surface area (Å²) >= 11 is 0. The molecule has 13 heavy (non-hydrogen) atoms. The van der Waals surface area contributed by atoms with Gasteiger partial charge in [0.05, 0.1) is 11.8 Å². The normalized spacial score (nSPS) is 18.5. The summed E-state index contributed by atoms with van der Waals surface area (Å²) in [5.74, 6) is 0.670. The molecule has 1 aromatic heterocycles. The fourth-order valence-electron chi connectivity index (χ4n) is 1.45. The van der Waals surface area contributed by atoms with E-state index in [-0.39, 0.29) is 11.8 Å². The molecule has 3 heteroatoms. The first kappa shape index (κ1) is 8.51. The molecule has 2 rings (SSSR count).